The fourth-order valence-corrected chi connectivity index (χ4v) is 1.86. The summed E-state index contributed by atoms with van der Waals surface area (Å²) in [4.78, 5) is 0. The van der Waals surface area contributed by atoms with Crippen molar-refractivity contribution >= 4 is 15.9 Å². The molecule has 0 aliphatic carbocycles. The first kappa shape index (κ1) is 11.4. The Morgan fingerprint density at radius 2 is 2.21 bits per heavy atom. The first-order chi connectivity index (χ1) is 6.79. The van der Waals surface area contributed by atoms with Gasteiger partial charge in [0.1, 0.15) is 0 Å². The Labute approximate surface area is 93.3 Å². The van der Waals surface area contributed by atoms with Crippen molar-refractivity contribution in [2.75, 3.05) is 13.1 Å². The van der Waals surface area contributed by atoms with Crippen LogP contribution >= 0.6 is 15.9 Å². The molecule has 0 fully saturated rings. The smallest absolute Gasteiger partial charge is 0.0458 e. The maximum absolute atomic E-state index is 5.70. The number of hydrogen-bond acceptors (Lipinski definition) is 2. The third-order valence-corrected chi connectivity index (χ3v) is 2.75. The molecule has 0 saturated carbocycles. The van der Waals surface area contributed by atoms with Crippen LogP contribution in [0.1, 0.15) is 11.6 Å². The highest BCUT2D eigenvalue weighted by molar-refractivity contribution is 9.10. The average Bonchev–Trinajstić information content (AvgIpc) is 2.21. The van der Waals surface area contributed by atoms with E-state index < -0.39 is 0 Å². The van der Waals surface area contributed by atoms with Crippen molar-refractivity contribution in [3.63, 3.8) is 0 Å². The van der Waals surface area contributed by atoms with Gasteiger partial charge in [0.2, 0.25) is 0 Å². The second-order valence-corrected chi connectivity index (χ2v) is 3.86. The predicted octanol–water partition coefficient (Wildman–Crippen LogP) is 2.22. The van der Waals surface area contributed by atoms with Crippen LogP contribution in [0.5, 0.6) is 0 Å². The van der Waals surface area contributed by atoms with Crippen molar-refractivity contribution in [1.29, 1.82) is 0 Å². The largest absolute Gasteiger partial charge is 0.329 e. The van der Waals surface area contributed by atoms with Crippen LogP contribution in [0.3, 0.4) is 0 Å². The Balaban J connectivity index is 2.78. The van der Waals surface area contributed by atoms with Gasteiger partial charge < -0.3 is 11.1 Å². The lowest BCUT2D eigenvalue weighted by atomic mass is 10.1. The molecule has 0 amide bonds. The summed E-state index contributed by atoms with van der Waals surface area (Å²) in [5, 5.41) is 3.30. The number of benzene rings is 1. The van der Waals surface area contributed by atoms with Gasteiger partial charge >= 0.3 is 0 Å². The summed E-state index contributed by atoms with van der Waals surface area (Å²) in [7, 11) is 0. The van der Waals surface area contributed by atoms with Crippen LogP contribution in [0.25, 0.3) is 0 Å². The van der Waals surface area contributed by atoms with Gasteiger partial charge in [-0.15, -0.1) is 6.58 Å². The molecule has 76 valence electrons. The monoisotopic (exact) mass is 254 g/mol. The summed E-state index contributed by atoms with van der Waals surface area (Å²) in [6.07, 6.45) is 1.83. The molecule has 1 atom stereocenters. The van der Waals surface area contributed by atoms with Gasteiger partial charge in [-0.1, -0.05) is 40.2 Å². The lowest BCUT2D eigenvalue weighted by Crippen LogP contribution is -2.28. The zero-order valence-corrected chi connectivity index (χ0v) is 9.63. The van der Waals surface area contributed by atoms with E-state index in [1.165, 1.54) is 5.56 Å². The van der Waals surface area contributed by atoms with Crippen LogP contribution in [-0.4, -0.2) is 13.1 Å². The van der Waals surface area contributed by atoms with Crippen molar-refractivity contribution in [3.05, 3.63) is 47.0 Å². The van der Waals surface area contributed by atoms with Gasteiger partial charge in [0.15, 0.2) is 0 Å². The second-order valence-electron chi connectivity index (χ2n) is 3.01. The Morgan fingerprint density at radius 1 is 1.50 bits per heavy atom. The van der Waals surface area contributed by atoms with Crippen LogP contribution in [-0.2, 0) is 0 Å². The highest BCUT2D eigenvalue weighted by Crippen LogP contribution is 2.22. The highest BCUT2D eigenvalue weighted by atomic mass is 79.9. The number of rotatable bonds is 5. The van der Waals surface area contributed by atoms with Gasteiger partial charge in [0.25, 0.3) is 0 Å². The van der Waals surface area contributed by atoms with Gasteiger partial charge in [0, 0.05) is 23.6 Å². The van der Waals surface area contributed by atoms with Gasteiger partial charge in [-0.25, -0.2) is 0 Å². The van der Waals surface area contributed by atoms with Crippen molar-refractivity contribution in [2.45, 2.75) is 6.04 Å². The maximum Gasteiger partial charge on any atom is 0.0458 e. The SMILES string of the molecule is C=CCNC(CN)c1ccccc1Br. The zero-order chi connectivity index (χ0) is 10.4. The van der Waals surface area contributed by atoms with E-state index in [0.29, 0.717) is 6.54 Å². The van der Waals surface area contributed by atoms with Crippen LogP contribution in [0.2, 0.25) is 0 Å². The Kier molecular flexibility index (Phi) is 4.87. The first-order valence-electron chi connectivity index (χ1n) is 4.58. The van der Waals surface area contributed by atoms with E-state index in [4.69, 9.17) is 5.73 Å². The summed E-state index contributed by atoms with van der Waals surface area (Å²) >= 11 is 3.51. The molecule has 1 aromatic rings. The van der Waals surface area contributed by atoms with Gasteiger partial charge in [-0.3, -0.25) is 0 Å². The Morgan fingerprint density at radius 3 is 2.79 bits per heavy atom. The number of hydrogen-bond donors (Lipinski definition) is 2. The molecule has 0 radical (unpaired) electrons. The van der Waals surface area contributed by atoms with Crippen molar-refractivity contribution in [3.8, 4) is 0 Å². The zero-order valence-electron chi connectivity index (χ0n) is 8.04. The Bertz CT molecular complexity index is 299. The molecule has 2 nitrogen and oxygen atoms in total. The molecule has 3 heteroatoms. The molecule has 1 rings (SSSR count). The standard InChI is InChI=1S/C11H15BrN2/c1-2-7-14-11(8-13)9-5-3-4-6-10(9)12/h2-6,11,14H,1,7-8,13H2. The average molecular weight is 255 g/mol. The minimum atomic E-state index is 0.184. The van der Waals surface area contributed by atoms with Crippen LogP contribution in [0.4, 0.5) is 0 Å². The quantitative estimate of drug-likeness (QED) is 0.792. The third kappa shape index (κ3) is 2.94. The third-order valence-electron chi connectivity index (χ3n) is 2.02. The van der Waals surface area contributed by atoms with E-state index in [2.05, 4.69) is 33.9 Å². The number of nitrogens with two attached hydrogens (primary N) is 1. The molecule has 1 unspecified atom stereocenters. The molecule has 0 aliphatic rings. The van der Waals surface area contributed by atoms with Crippen molar-refractivity contribution < 1.29 is 0 Å². The summed E-state index contributed by atoms with van der Waals surface area (Å²) in [6.45, 7) is 5.01. The predicted molar refractivity (Wildman–Crippen MR) is 64.1 cm³/mol. The molecule has 0 bridgehead atoms. The fraction of sp³-hybridized carbons (Fsp3) is 0.273. The lowest BCUT2D eigenvalue weighted by molar-refractivity contribution is 0.575. The molecule has 0 spiro atoms. The summed E-state index contributed by atoms with van der Waals surface area (Å²) in [5.74, 6) is 0. The van der Waals surface area contributed by atoms with E-state index in [1.807, 2.05) is 24.3 Å². The minimum Gasteiger partial charge on any atom is -0.329 e. The normalized spacial score (nSPS) is 12.4. The number of nitrogens with one attached hydrogen (secondary N) is 1. The molecule has 0 heterocycles. The fourth-order valence-electron chi connectivity index (χ4n) is 1.30. The summed E-state index contributed by atoms with van der Waals surface area (Å²) in [5.41, 5.74) is 6.89. The molecule has 0 saturated heterocycles. The van der Waals surface area contributed by atoms with Crippen molar-refractivity contribution in [2.24, 2.45) is 5.73 Å². The molecule has 0 aliphatic heterocycles. The topological polar surface area (TPSA) is 38.0 Å². The summed E-state index contributed by atoms with van der Waals surface area (Å²) in [6, 6.07) is 8.28. The van der Waals surface area contributed by atoms with E-state index >= 15 is 0 Å². The van der Waals surface area contributed by atoms with Gasteiger partial charge in [-0.2, -0.15) is 0 Å². The molecule has 0 aromatic heterocycles. The Hall–Kier alpha value is -0.640. The van der Waals surface area contributed by atoms with Crippen LogP contribution in [0, 0.1) is 0 Å². The lowest BCUT2D eigenvalue weighted by Gasteiger charge is -2.17. The first-order valence-corrected chi connectivity index (χ1v) is 5.37. The molecule has 1 aromatic carbocycles. The van der Waals surface area contributed by atoms with E-state index in [0.717, 1.165) is 11.0 Å². The highest BCUT2D eigenvalue weighted by Gasteiger charge is 2.10. The van der Waals surface area contributed by atoms with Gasteiger partial charge in [0.05, 0.1) is 0 Å². The van der Waals surface area contributed by atoms with Gasteiger partial charge in [-0.05, 0) is 11.6 Å². The molecular weight excluding hydrogens is 240 g/mol. The van der Waals surface area contributed by atoms with E-state index in [1.54, 1.807) is 0 Å². The molecule has 3 N–H and O–H groups in total. The number of halogens is 1. The van der Waals surface area contributed by atoms with Crippen molar-refractivity contribution in [1.82, 2.24) is 5.32 Å². The molecular formula is C11H15BrN2. The maximum atomic E-state index is 5.70. The van der Waals surface area contributed by atoms with E-state index in [-0.39, 0.29) is 6.04 Å². The van der Waals surface area contributed by atoms with E-state index in [9.17, 15) is 0 Å². The minimum absolute atomic E-state index is 0.184. The summed E-state index contributed by atoms with van der Waals surface area (Å²) < 4.78 is 1.09. The van der Waals surface area contributed by atoms with Crippen LogP contribution < -0.4 is 11.1 Å². The molecule has 14 heavy (non-hydrogen) atoms. The van der Waals surface area contributed by atoms with Crippen LogP contribution in [0.15, 0.2) is 41.4 Å². The second kappa shape index (κ2) is 5.96.